The Hall–Kier alpha value is -4.88. The van der Waals surface area contributed by atoms with E-state index in [1.54, 1.807) is 60.8 Å². The van der Waals surface area contributed by atoms with E-state index in [0.717, 1.165) is 0 Å². The number of amides is 2. The maximum absolute atomic E-state index is 12.9. The van der Waals surface area contributed by atoms with Crippen molar-refractivity contribution in [2.45, 2.75) is 114 Å². The maximum Gasteiger partial charge on any atom is 0.351 e. The molecule has 17 heteroatoms. The minimum Gasteiger partial charge on any atom is -0.408 e. The van der Waals surface area contributed by atoms with E-state index in [9.17, 15) is 24.3 Å². The summed E-state index contributed by atoms with van der Waals surface area (Å²) in [6.45, 7) is 15.7. The SMILES string of the molecule is CC[C@]12COC([C@H](n3ccc(NC(=O)c4ccccc4)nc3=O)O1)[C@H]2O.CC[C@]12COC([C@H](n3ccc(NC(=O)c4ccccc4)nc3=O)O1)[C@H]2O[Si](C)(C)C(C)(C)C. The van der Waals surface area contributed by atoms with Gasteiger partial charge in [-0.05, 0) is 67.4 Å². The van der Waals surface area contributed by atoms with Crippen LogP contribution in [0, 0.1) is 0 Å². The molecule has 0 radical (unpaired) electrons. The molecule has 4 fully saturated rings. The zero-order valence-corrected chi connectivity index (χ0v) is 35.3. The number of hydrogen-bond donors (Lipinski definition) is 3. The predicted molar refractivity (Wildman–Crippen MR) is 220 cm³/mol. The van der Waals surface area contributed by atoms with Crippen LogP contribution in [0.2, 0.25) is 18.1 Å². The summed E-state index contributed by atoms with van der Waals surface area (Å²) >= 11 is 0. The highest BCUT2D eigenvalue weighted by molar-refractivity contribution is 6.74. The molecular formula is C42H52N6O10Si. The zero-order chi connectivity index (χ0) is 42.3. The van der Waals surface area contributed by atoms with Crippen LogP contribution in [0.1, 0.15) is 80.6 Å². The van der Waals surface area contributed by atoms with Crippen molar-refractivity contribution < 1.29 is 38.1 Å². The van der Waals surface area contributed by atoms with Gasteiger partial charge in [0, 0.05) is 23.5 Å². The molecule has 8 atom stereocenters. The van der Waals surface area contributed by atoms with E-state index in [1.165, 1.54) is 21.4 Å². The van der Waals surface area contributed by atoms with E-state index >= 15 is 0 Å². The molecule has 2 amide bonds. The molecule has 2 aromatic heterocycles. The topological polar surface area (TPSA) is 194 Å². The molecular weight excluding hydrogens is 777 g/mol. The number of fused-ring (bicyclic) bond motifs is 4. The van der Waals surface area contributed by atoms with Gasteiger partial charge in [0.1, 0.15) is 47.3 Å². The fourth-order valence-electron chi connectivity index (χ4n) is 7.50. The number of nitrogens with one attached hydrogen (secondary N) is 2. The number of aliphatic hydroxyl groups is 1. The van der Waals surface area contributed by atoms with Crippen molar-refractivity contribution >= 4 is 31.8 Å². The summed E-state index contributed by atoms with van der Waals surface area (Å²) in [4.78, 5) is 57.8. The van der Waals surface area contributed by atoms with Crippen molar-refractivity contribution in [2.75, 3.05) is 23.8 Å². The molecule has 2 unspecified atom stereocenters. The molecule has 4 aliphatic rings. The van der Waals surface area contributed by atoms with Crippen LogP contribution >= 0.6 is 0 Å². The Kier molecular flexibility index (Phi) is 11.7. The van der Waals surface area contributed by atoms with Gasteiger partial charge in [-0.25, -0.2) is 9.59 Å². The fraction of sp³-hybridized carbons (Fsp3) is 0.476. The normalized spacial score (nSPS) is 28.2. The number of rotatable bonds is 10. The van der Waals surface area contributed by atoms with Gasteiger partial charge < -0.3 is 39.1 Å². The molecule has 0 spiro atoms. The molecule has 4 bridgehead atoms. The number of carbonyl (C=O) groups is 2. The second-order valence-electron chi connectivity index (χ2n) is 16.8. The fourth-order valence-corrected chi connectivity index (χ4v) is 8.83. The number of carbonyl (C=O) groups excluding carboxylic acids is 2. The summed E-state index contributed by atoms with van der Waals surface area (Å²) in [5, 5.41) is 15.7. The first kappa shape index (κ1) is 42.2. The van der Waals surface area contributed by atoms with Crippen LogP contribution in [0.25, 0.3) is 0 Å². The van der Waals surface area contributed by atoms with Gasteiger partial charge in [0.2, 0.25) is 0 Å². The average molecular weight is 829 g/mol. The highest BCUT2D eigenvalue weighted by Gasteiger charge is 2.64. The third kappa shape index (κ3) is 8.07. The standard InChI is InChI=1S/C24H33N3O5Si.C18H19N3O5/c1-7-24-15-30-18(19(24)32-33(5,6)23(2,3)4)21(31-24)27-14-13-17(26-22(27)29)25-20(28)16-11-9-8-10-12-16;1-2-18-10-25-13(14(18)22)16(26-18)21-9-8-12(20-17(21)24)19-15(23)11-6-4-3-5-7-11/h8-14,18-19,21H,7,15H2,1-6H3,(H,25,26,28,29);3-9,13-14,16,22H,2,10H2,1H3,(H,19,20,23,24)/t18?,19-,21-,24-;13?,14-,16-,18-/m11/s1. The Morgan fingerprint density at radius 2 is 1.20 bits per heavy atom. The summed E-state index contributed by atoms with van der Waals surface area (Å²) in [5.74, 6) is -0.342. The van der Waals surface area contributed by atoms with Gasteiger partial charge in [-0.3, -0.25) is 18.7 Å². The Labute approximate surface area is 343 Å². The quantitative estimate of drug-likeness (QED) is 0.184. The lowest BCUT2D eigenvalue weighted by molar-refractivity contribution is -0.175. The summed E-state index contributed by atoms with van der Waals surface area (Å²) in [7, 11) is -2.09. The molecule has 2 aromatic carbocycles. The molecule has 6 heterocycles. The van der Waals surface area contributed by atoms with Crippen molar-refractivity contribution in [3.05, 3.63) is 117 Å². The van der Waals surface area contributed by atoms with Crippen molar-refractivity contribution in [3.63, 3.8) is 0 Å². The Bertz CT molecular complexity index is 2280. The summed E-state index contributed by atoms with van der Waals surface area (Å²) in [6, 6.07) is 20.5. The van der Waals surface area contributed by atoms with Crippen LogP contribution in [0.15, 0.2) is 94.8 Å². The predicted octanol–water partition coefficient (Wildman–Crippen LogP) is 4.90. The Balaban J connectivity index is 0.000000184. The van der Waals surface area contributed by atoms with Crippen LogP contribution in [0.3, 0.4) is 0 Å². The molecule has 0 saturated carbocycles. The third-order valence-corrected chi connectivity index (χ3v) is 16.6. The highest BCUT2D eigenvalue weighted by atomic mass is 28.4. The Morgan fingerprint density at radius 1 is 0.763 bits per heavy atom. The smallest absolute Gasteiger partial charge is 0.351 e. The van der Waals surface area contributed by atoms with Gasteiger partial charge in [0.25, 0.3) is 11.8 Å². The van der Waals surface area contributed by atoms with Crippen LogP contribution in [0.5, 0.6) is 0 Å². The minimum absolute atomic E-state index is 0.0382. The van der Waals surface area contributed by atoms with Crippen molar-refractivity contribution in [3.8, 4) is 0 Å². The van der Waals surface area contributed by atoms with Crippen molar-refractivity contribution in [1.82, 2.24) is 19.1 Å². The molecule has 4 aromatic rings. The number of anilines is 2. The molecule has 3 N–H and O–H groups in total. The lowest BCUT2D eigenvalue weighted by Gasteiger charge is -2.40. The lowest BCUT2D eigenvalue weighted by Crippen LogP contribution is -2.51. The first-order valence-electron chi connectivity index (χ1n) is 19.9. The third-order valence-electron chi connectivity index (χ3n) is 12.2. The molecule has 4 aliphatic heterocycles. The average Bonchev–Trinajstić information content (AvgIpc) is 3.91. The monoisotopic (exact) mass is 828 g/mol. The lowest BCUT2D eigenvalue weighted by atomic mass is 9.96. The van der Waals surface area contributed by atoms with Crippen molar-refractivity contribution in [1.29, 1.82) is 0 Å². The van der Waals surface area contributed by atoms with Gasteiger partial charge in [-0.2, -0.15) is 9.97 Å². The van der Waals surface area contributed by atoms with Crippen LogP contribution in [-0.4, -0.2) is 93.2 Å². The van der Waals surface area contributed by atoms with Gasteiger partial charge in [0.05, 0.1) is 13.2 Å². The molecule has 59 heavy (non-hydrogen) atoms. The van der Waals surface area contributed by atoms with E-state index < -0.39 is 61.7 Å². The van der Waals surface area contributed by atoms with Crippen molar-refractivity contribution in [2.24, 2.45) is 0 Å². The van der Waals surface area contributed by atoms with Gasteiger partial charge >= 0.3 is 11.4 Å². The number of ether oxygens (including phenoxy) is 4. The first-order chi connectivity index (χ1) is 28.0. The molecule has 8 rings (SSSR count). The van der Waals surface area contributed by atoms with E-state index in [-0.39, 0.29) is 34.6 Å². The van der Waals surface area contributed by atoms with Gasteiger partial charge in [-0.1, -0.05) is 71.0 Å². The Morgan fingerprint density at radius 3 is 1.64 bits per heavy atom. The second kappa shape index (κ2) is 16.3. The summed E-state index contributed by atoms with van der Waals surface area (Å²) < 4.78 is 33.5. The van der Waals surface area contributed by atoms with E-state index in [4.69, 9.17) is 23.4 Å². The number of hydrogen-bond acceptors (Lipinski definition) is 12. The van der Waals surface area contributed by atoms with Crippen LogP contribution in [0.4, 0.5) is 11.6 Å². The van der Waals surface area contributed by atoms with Crippen LogP contribution in [-0.2, 0) is 23.4 Å². The number of benzene rings is 2. The number of aliphatic hydroxyl groups excluding tert-OH is 1. The number of aromatic nitrogens is 4. The second-order valence-corrected chi connectivity index (χ2v) is 21.6. The maximum atomic E-state index is 12.9. The van der Waals surface area contributed by atoms with E-state index in [2.05, 4.69) is 61.4 Å². The molecule has 314 valence electrons. The van der Waals surface area contributed by atoms with Gasteiger partial charge in [-0.15, -0.1) is 0 Å². The largest absolute Gasteiger partial charge is 0.408 e. The van der Waals surface area contributed by atoms with E-state index in [1.807, 2.05) is 19.1 Å². The highest BCUT2D eigenvalue weighted by Crippen LogP contribution is 2.51. The molecule has 0 aliphatic carbocycles. The minimum atomic E-state index is -2.09. The molecule has 16 nitrogen and oxygen atoms in total. The zero-order valence-electron chi connectivity index (χ0n) is 34.3. The van der Waals surface area contributed by atoms with Gasteiger partial charge in [0.15, 0.2) is 20.8 Å². The van der Waals surface area contributed by atoms with Crippen LogP contribution < -0.4 is 22.0 Å². The molecule has 4 saturated heterocycles. The number of nitrogens with zero attached hydrogens (tertiary/aromatic N) is 4. The summed E-state index contributed by atoms with van der Waals surface area (Å²) in [6.07, 6.45) is 0.950. The van der Waals surface area contributed by atoms with E-state index in [0.29, 0.717) is 37.2 Å². The summed E-state index contributed by atoms with van der Waals surface area (Å²) in [5.41, 5.74) is -1.52. The first-order valence-corrected chi connectivity index (χ1v) is 22.8.